The molecule has 31 heavy (non-hydrogen) atoms. The van der Waals surface area contributed by atoms with Crippen molar-refractivity contribution >= 4 is 23.6 Å². The van der Waals surface area contributed by atoms with Crippen molar-refractivity contribution in [3.63, 3.8) is 0 Å². The Morgan fingerprint density at radius 1 is 1.03 bits per heavy atom. The summed E-state index contributed by atoms with van der Waals surface area (Å²) in [4.78, 5) is 27.2. The third-order valence-electron chi connectivity index (χ3n) is 5.00. The maximum absolute atomic E-state index is 14.1. The second kappa shape index (κ2) is 8.83. The maximum atomic E-state index is 14.1. The molecular weight excluding hydrogens is 395 g/mol. The predicted molar refractivity (Wildman–Crippen MR) is 117 cm³/mol. The molecule has 0 aliphatic carbocycles. The van der Waals surface area contributed by atoms with Crippen LogP contribution in [-0.4, -0.2) is 18.4 Å². The Bertz CT molecular complexity index is 1140. The number of fused-ring (bicyclic) bond motifs is 1. The van der Waals surface area contributed by atoms with Gasteiger partial charge in [-0.2, -0.15) is 0 Å². The van der Waals surface area contributed by atoms with E-state index < -0.39 is 11.7 Å². The highest BCUT2D eigenvalue weighted by atomic mass is 19.1. The highest BCUT2D eigenvalue weighted by molar-refractivity contribution is 6.12. The molecule has 156 valence electrons. The molecule has 1 aliphatic heterocycles. The molecule has 2 amide bonds. The molecular formula is C25H21FN2O3. The number of carbonyl (C=O) groups excluding carboxylic acids is 2. The van der Waals surface area contributed by atoms with Crippen LogP contribution in [-0.2, 0) is 9.59 Å². The van der Waals surface area contributed by atoms with Crippen molar-refractivity contribution in [1.82, 2.24) is 5.32 Å². The minimum atomic E-state index is -0.510. The highest BCUT2D eigenvalue weighted by Gasteiger charge is 2.32. The van der Waals surface area contributed by atoms with Crippen LogP contribution in [0.5, 0.6) is 5.75 Å². The molecule has 1 atom stereocenters. The number of rotatable bonds is 5. The zero-order valence-corrected chi connectivity index (χ0v) is 16.9. The molecule has 3 aromatic rings. The fourth-order valence-electron chi connectivity index (χ4n) is 3.41. The molecule has 1 unspecified atom stereocenters. The Hall–Kier alpha value is -3.93. The van der Waals surface area contributed by atoms with E-state index in [1.165, 1.54) is 17.0 Å². The molecule has 0 fully saturated rings. The molecule has 0 saturated carbocycles. The van der Waals surface area contributed by atoms with Crippen molar-refractivity contribution in [2.24, 2.45) is 0 Å². The van der Waals surface area contributed by atoms with E-state index in [-0.39, 0.29) is 29.8 Å². The average molecular weight is 416 g/mol. The van der Waals surface area contributed by atoms with E-state index in [9.17, 15) is 14.0 Å². The van der Waals surface area contributed by atoms with Crippen LogP contribution in [0.4, 0.5) is 10.1 Å². The van der Waals surface area contributed by atoms with Gasteiger partial charge in [0.05, 0.1) is 11.7 Å². The number of carbonyl (C=O) groups is 2. The summed E-state index contributed by atoms with van der Waals surface area (Å²) >= 11 is 0. The van der Waals surface area contributed by atoms with Crippen LogP contribution >= 0.6 is 0 Å². The van der Waals surface area contributed by atoms with E-state index in [2.05, 4.69) is 5.32 Å². The zero-order chi connectivity index (χ0) is 21.8. The Morgan fingerprint density at radius 2 is 1.71 bits per heavy atom. The lowest BCUT2D eigenvalue weighted by atomic mass is 10.1. The first-order valence-electron chi connectivity index (χ1n) is 9.92. The lowest BCUT2D eigenvalue weighted by molar-refractivity contribution is -0.123. The predicted octanol–water partition coefficient (Wildman–Crippen LogP) is 4.47. The summed E-state index contributed by atoms with van der Waals surface area (Å²) in [5.74, 6) is -0.913. The summed E-state index contributed by atoms with van der Waals surface area (Å²) in [5, 5.41) is 2.92. The van der Waals surface area contributed by atoms with E-state index in [1.807, 2.05) is 37.3 Å². The monoisotopic (exact) mass is 416 g/mol. The molecule has 3 aromatic carbocycles. The number of anilines is 1. The number of hydrogen-bond acceptors (Lipinski definition) is 3. The molecule has 1 heterocycles. The number of halogens is 1. The number of amides is 2. The molecule has 1 N–H and O–H groups in total. The number of benzene rings is 3. The molecule has 4 rings (SSSR count). The SMILES string of the molecule is CC(NC(=O)CN1C(=O)/C(=C/c2ccccc2F)Oc2ccccc21)c1ccccc1. The standard InChI is InChI=1S/C25H21FN2O3/c1-17(18-9-3-2-4-10-18)27-24(29)16-28-21-13-7-8-14-22(21)31-23(25(28)30)15-19-11-5-6-12-20(19)26/h2-15,17H,16H2,1H3,(H,27,29)/b23-15-. The van der Waals surface area contributed by atoms with Crippen LogP contribution in [0.15, 0.2) is 84.6 Å². The lowest BCUT2D eigenvalue weighted by Crippen LogP contribution is -2.44. The largest absolute Gasteiger partial charge is 0.449 e. The molecule has 5 nitrogen and oxygen atoms in total. The average Bonchev–Trinajstić information content (AvgIpc) is 2.78. The van der Waals surface area contributed by atoms with Crippen molar-refractivity contribution in [3.05, 3.63) is 102 Å². The van der Waals surface area contributed by atoms with Gasteiger partial charge in [0.25, 0.3) is 5.91 Å². The van der Waals surface area contributed by atoms with Crippen LogP contribution in [0.3, 0.4) is 0 Å². The Labute approximate surface area is 179 Å². The Kier molecular flexibility index (Phi) is 5.80. The summed E-state index contributed by atoms with van der Waals surface area (Å²) in [6, 6.07) is 22.4. The minimum Gasteiger partial charge on any atom is -0.449 e. The summed E-state index contributed by atoms with van der Waals surface area (Å²) in [7, 11) is 0. The van der Waals surface area contributed by atoms with Gasteiger partial charge in [0.1, 0.15) is 12.4 Å². The van der Waals surface area contributed by atoms with Gasteiger partial charge in [-0.25, -0.2) is 4.39 Å². The van der Waals surface area contributed by atoms with Gasteiger partial charge in [-0.15, -0.1) is 0 Å². The van der Waals surface area contributed by atoms with Gasteiger partial charge in [0.15, 0.2) is 11.5 Å². The minimum absolute atomic E-state index is 0.0484. The number of nitrogens with one attached hydrogen (secondary N) is 1. The van der Waals surface area contributed by atoms with E-state index in [4.69, 9.17) is 4.74 Å². The third-order valence-corrected chi connectivity index (χ3v) is 5.00. The summed E-state index contributed by atoms with van der Waals surface area (Å²) in [5.41, 5.74) is 1.68. The molecule has 6 heteroatoms. The smallest absolute Gasteiger partial charge is 0.294 e. The molecule has 0 aromatic heterocycles. The van der Waals surface area contributed by atoms with Crippen molar-refractivity contribution in [3.8, 4) is 5.75 Å². The van der Waals surface area contributed by atoms with Gasteiger partial charge in [-0.05, 0) is 36.8 Å². The summed E-state index contributed by atoms with van der Waals surface area (Å²) in [6.45, 7) is 1.69. The zero-order valence-electron chi connectivity index (χ0n) is 16.9. The Balaban J connectivity index is 1.59. The summed E-state index contributed by atoms with van der Waals surface area (Å²) in [6.07, 6.45) is 1.35. The van der Waals surface area contributed by atoms with Crippen molar-refractivity contribution in [2.75, 3.05) is 11.4 Å². The molecule has 0 saturated heterocycles. The topological polar surface area (TPSA) is 58.6 Å². The van der Waals surface area contributed by atoms with Gasteiger partial charge in [-0.3, -0.25) is 14.5 Å². The second-order valence-electron chi connectivity index (χ2n) is 7.19. The van der Waals surface area contributed by atoms with Gasteiger partial charge < -0.3 is 10.1 Å². The molecule has 0 radical (unpaired) electrons. The van der Waals surface area contributed by atoms with Crippen molar-refractivity contribution in [2.45, 2.75) is 13.0 Å². The number of nitrogens with zero attached hydrogens (tertiary/aromatic N) is 1. The first-order valence-corrected chi connectivity index (χ1v) is 9.92. The fraction of sp³-hybridized carbons (Fsp3) is 0.120. The van der Waals surface area contributed by atoms with E-state index >= 15 is 0 Å². The first kappa shape index (κ1) is 20.3. The number of ether oxygens (including phenoxy) is 1. The first-order chi connectivity index (χ1) is 15.0. The quantitative estimate of drug-likeness (QED) is 0.625. The second-order valence-corrected chi connectivity index (χ2v) is 7.19. The molecule has 0 spiro atoms. The highest BCUT2D eigenvalue weighted by Crippen LogP contribution is 2.35. The van der Waals surface area contributed by atoms with Crippen LogP contribution < -0.4 is 15.0 Å². The van der Waals surface area contributed by atoms with E-state index in [0.717, 1.165) is 5.56 Å². The van der Waals surface area contributed by atoms with Crippen LogP contribution in [0.25, 0.3) is 6.08 Å². The van der Waals surface area contributed by atoms with Gasteiger partial charge in [-0.1, -0.05) is 60.7 Å². The summed E-state index contributed by atoms with van der Waals surface area (Å²) < 4.78 is 19.8. The van der Waals surface area contributed by atoms with E-state index in [0.29, 0.717) is 11.4 Å². The van der Waals surface area contributed by atoms with Crippen LogP contribution in [0.2, 0.25) is 0 Å². The Morgan fingerprint density at radius 3 is 2.48 bits per heavy atom. The van der Waals surface area contributed by atoms with E-state index in [1.54, 1.807) is 42.5 Å². The fourth-order valence-corrected chi connectivity index (χ4v) is 3.41. The normalized spacial score (nSPS) is 15.2. The van der Waals surface area contributed by atoms with Crippen LogP contribution in [0, 0.1) is 5.82 Å². The molecule has 0 bridgehead atoms. The van der Waals surface area contributed by atoms with Crippen molar-refractivity contribution in [1.29, 1.82) is 0 Å². The van der Waals surface area contributed by atoms with Crippen molar-refractivity contribution < 1.29 is 18.7 Å². The van der Waals surface area contributed by atoms with Gasteiger partial charge in [0.2, 0.25) is 5.91 Å². The van der Waals surface area contributed by atoms with Gasteiger partial charge >= 0.3 is 0 Å². The van der Waals surface area contributed by atoms with Crippen LogP contribution in [0.1, 0.15) is 24.1 Å². The third kappa shape index (κ3) is 4.48. The number of para-hydroxylation sites is 2. The number of hydrogen-bond donors (Lipinski definition) is 1. The lowest BCUT2D eigenvalue weighted by Gasteiger charge is -2.30. The maximum Gasteiger partial charge on any atom is 0.294 e. The van der Waals surface area contributed by atoms with Gasteiger partial charge in [0, 0.05) is 5.56 Å². The molecule has 1 aliphatic rings.